The summed E-state index contributed by atoms with van der Waals surface area (Å²) in [6, 6.07) is 30.1. The van der Waals surface area contributed by atoms with E-state index in [0.29, 0.717) is 13.1 Å². The molecule has 1 fully saturated rings. The standard InChI is InChI=1S/C27H28N2O2/c1-20-25(27(31)28-26(20)23-15-9-4-10-16-23)24(30)19-29(17-21-11-5-2-6-12-21)18-22-13-7-3-8-14-22/h2-16,20,25-26H,17-19H2,1H3,(H,28,31)/t20-,25?,26+/m1/s1. The maximum Gasteiger partial charge on any atom is 0.231 e. The Bertz CT molecular complexity index is 964. The van der Waals surface area contributed by atoms with Crippen LogP contribution in [0.25, 0.3) is 0 Å². The zero-order valence-corrected chi connectivity index (χ0v) is 17.8. The molecular formula is C27H28N2O2. The highest BCUT2D eigenvalue weighted by atomic mass is 16.2. The van der Waals surface area contributed by atoms with Gasteiger partial charge in [0, 0.05) is 13.1 Å². The van der Waals surface area contributed by atoms with Crippen LogP contribution in [0, 0.1) is 11.8 Å². The highest BCUT2D eigenvalue weighted by molar-refractivity contribution is 6.04. The highest BCUT2D eigenvalue weighted by Gasteiger charge is 2.44. The van der Waals surface area contributed by atoms with Crippen molar-refractivity contribution >= 4 is 11.7 Å². The van der Waals surface area contributed by atoms with Crippen molar-refractivity contribution in [3.8, 4) is 0 Å². The molecule has 1 aliphatic rings. The first kappa shape index (κ1) is 21.0. The monoisotopic (exact) mass is 412 g/mol. The molecule has 3 aromatic rings. The molecule has 4 heteroatoms. The summed E-state index contributed by atoms with van der Waals surface area (Å²) in [5, 5.41) is 3.05. The van der Waals surface area contributed by atoms with Crippen molar-refractivity contribution in [3.05, 3.63) is 108 Å². The molecule has 1 saturated heterocycles. The van der Waals surface area contributed by atoms with E-state index in [1.807, 2.05) is 73.7 Å². The summed E-state index contributed by atoms with van der Waals surface area (Å²) in [7, 11) is 0. The third kappa shape index (κ3) is 5.09. The second-order valence-corrected chi connectivity index (χ2v) is 8.32. The molecule has 4 nitrogen and oxygen atoms in total. The predicted octanol–water partition coefficient (Wildman–Crippen LogP) is 4.38. The third-order valence-corrected chi connectivity index (χ3v) is 6.01. The average Bonchev–Trinajstić information content (AvgIpc) is 3.09. The van der Waals surface area contributed by atoms with E-state index in [2.05, 4.69) is 34.5 Å². The zero-order valence-electron chi connectivity index (χ0n) is 17.8. The Balaban J connectivity index is 1.50. The maximum absolute atomic E-state index is 13.3. The van der Waals surface area contributed by atoms with Gasteiger partial charge in [-0.2, -0.15) is 0 Å². The van der Waals surface area contributed by atoms with E-state index >= 15 is 0 Å². The van der Waals surface area contributed by atoms with Crippen LogP contribution in [0.1, 0.15) is 29.7 Å². The molecule has 1 N–H and O–H groups in total. The largest absolute Gasteiger partial charge is 0.348 e. The molecule has 1 heterocycles. The van der Waals surface area contributed by atoms with Crippen molar-refractivity contribution < 1.29 is 9.59 Å². The smallest absolute Gasteiger partial charge is 0.231 e. The van der Waals surface area contributed by atoms with E-state index in [1.165, 1.54) is 0 Å². The fraction of sp³-hybridized carbons (Fsp3) is 0.259. The maximum atomic E-state index is 13.3. The van der Waals surface area contributed by atoms with Crippen molar-refractivity contribution in [2.24, 2.45) is 11.8 Å². The quantitative estimate of drug-likeness (QED) is 0.559. The first-order valence-electron chi connectivity index (χ1n) is 10.8. The highest BCUT2D eigenvalue weighted by Crippen LogP contribution is 2.34. The van der Waals surface area contributed by atoms with Gasteiger partial charge >= 0.3 is 0 Å². The van der Waals surface area contributed by atoms with Gasteiger partial charge in [-0.3, -0.25) is 14.5 Å². The Morgan fingerprint density at radius 3 is 1.81 bits per heavy atom. The number of benzene rings is 3. The van der Waals surface area contributed by atoms with Gasteiger partial charge in [-0.1, -0.05) is 97.9 Å². The van der Waals surface area contributed by atoms with Crippen LogP contribution < -0.4 is 5.32 Å². The molecule has 0 aromatic heterocycles. The molecule has 3 aromatic carbocycles. The lowest BCUT2D eigenvalue weighted by Crippen LogP contribution is -2.37. The number of carbonyl (C=O) groups is 2. The summed E-state index contributed by atoms with van der Waals surface area (Å²) in [6.07, 6.45) is 0. The first-order valence-corrected chi connectivity index (χ1v) is 10.8. The number of ketones is 1. The minimum Gasteiger partial charge on any atom is -0.348 e. The number of hydrogen-bond acceptors (Lipinski definition) is 3. The van der Waals surface area contributed by atoms with Crippen molar-refractivity contribution in [1.82, 2.24) is 10.2 Å². The molecule has 1 amide bonds. The fourth-order valence-corrected chi connectivity index (χ4v) is 4.46. The van der Waals surface area contributed by atoms with Crippen LogP contribution >= 0.6 is 0 Å². The van der Waals surface area contributed by atoms with Crippen LogP contribution in [0.2, 0.25) is 0 Å². The van der Waals surface area contributed by atoms with Crippen LogP contribution in [0.5, 0.6) is 0 Å². The minimum atomic E-state index is -0.626. The zero-order chi connectivity index (χ0) is 21.6. The molecule has 4 rings (SSSR count). The number of hydrogen-bond donors (Lipinski definition) is 1. The SMILES string of the molecule is C[C@@H]1C(C(=O)CN(Cc2ccccc2)Cc2ccccc2)C(=O)N[C@@H]1c1ccccc1. The molecule has 0 saturated carbocycles. The lowest BCUT2D eigenvalue weighted by atomic mass is 9.85. The normalized spacial score (nSPS) is 20.6. The summed E-state index contributed by atoms with van der Waals surface area (Å²) in [5.41, 5.74) is 3.35. The van der Waals surface area contributed by atoms with E-state index < -0.39 is 5.92 Å². The Kier molecular flexibility index (Phi) is 6.58. The molecule has 158 valence electrons. The van der Waals surface area contributed by atoms with Gasteiger partial charge in [0.15, 0.2) is 5.78 Å². The van der Waals surface area contributed by atoms with Crippen molar-refractivity contribution in [2.75, 3.05) is 6.54 Å². The number of carbonyl (C=O) groups excluding carboxylic acids is 2. The summed E-state index contributed by atoms with van der Waals surface area (Å²) in [6.45, 7) is 3.56. The summed E-state index contributed by atoms with van der Waals surface area (Å²) in [5.74, 6) is -0.891. The van der Waals surface area contributed by atoms with Crippen LogP contribution in [0.4, 0.5) is 0 Å². The molecule has 0 bridgehead atoms. The van der Waals surface area contributed by atoms with Crippen molar-refractivity contribution in [3.63, 3.8) is 0 Å². The van der Waals surface area contributed by atoms with Crippen LogP contribution in [-0.4, -0.2) is 23.1 Å². The Morgan fingerprint density at radius 1 is 0.806 bits per heavy atom. The van der Waals surface area contributed by atoms with Gasteiger partial charge in [0.2, 0.25) is 5.91 Å². The summed E-state index contributed by atoms with van der Waals surface area (Å²) < 4.78 is 0. The molecule has 0 radical (unpaired) electrons. The number of amides is 1. The number of rotatable bonds is 8. The molecule has 0 spiro atoms. The molecule has 1 unspecified atom stereocenters. The Morgan fingerprint density at radius 2 is 1.29 bits per heavy atom. The fourth-order valence-electron chi connectivity index (χ4n) is 4.46. The van der Waals surface area contributed by atoms with Crippen LogP contribution in [0.15, 0.2) is 91.0 Å². The lowest BCUT2D eigenvalue weighted by molar-refractivity contribution is -0.133. The summed E-state index contributed by atoms with van der Waals surface area (Å²) in [4.78, 5) is 28.2. The second-order valence-electron chi connectivity index (χ2n) is 8.32. The van der Waals surface area contributed by atoms with E-state index in [1.54, 1.807) is 0 Å². The number of nitrogens with one attached hydrogen (secondary N) is 1. The van der Waals surface area contributed by atoms with Gasteiger partial charge in [0.25, 0.3) is 0 Å². The minimum absolute atomic E-state index is 0.0182. The average molecular weight is 413 g/mol. The molecule has 31 heavy (non-hydrogen) atoms. The van der Waals surface area contributed by atoms with E-state index in [0.717, 1.165) is 16.7 Å². The molecule has 1 aliphatic heterocycles. The number of nitrogens with zero attached hydrogens (tertiary/aromatic N) is 1. The second kappa shape index (κ2) is 9.71. The molecular weight excluding hydrogens is 384 g/mol. The van der Waals surface area contributed by atoms with E-state index in [-0.39, 0.29) is 30.2 Å². The first-order chi connectivity index (χ1) is 15.1. The summed E-state index contributed by atoms with van der Waals surface area (Å²) >= 11 is 0. The van der Waals surface area contributed by atoms with Crippen molar-refractivity contribution in [2.45, 2.75) is 26.1 Å². The molecule has 3 atom stereocenters. The van der Waals surface area contributed by atoms with Gasteiger partial charge in [-0.05, 0) is 22.6 Å². The third-order valence-electron chi connectivity index (χ3n) is 6.01. The topological polar surface area (TPSA) is 49.4 Å². The van der Waals surface area contributed by atoms with Crippen LogP contribution in [-0.2, 0) is 22.7 Å². The van der Waals surface area contributed by atoms with E-state index in [4.69, 9.17) is 0 Å². The van der Waals surface area contributed by atoms with Crippen LogP contribution in [0.3, 0.4) is 0 Å². The van der Waals surface area contributed by atoms with Gasteiger partial charge in [-0.25, -0.2) is 0 Å². The Labute approximate surface area is 183 Å². The van der Waals surface area contributed by atoms with Gasteiger partial charge in [0.05, 0.1) is 12.6 Å². The predicted molar refractivity (Wildman–Crippen MR) is 122 cm³/mol. The number of Topliss-reactive ketones (excluding diaryl/α,β-unsaturated/α-hetero) is 1. The lowest BCUT2D eigenvalue weighted by Gasteiger charge is -2.24. The molecule has 0 aliphatic carbocycles. The Hall–Kier alpha value is -3.24. The van der Waals surface area contributed by atoms with Crippen molar-refractivity contribution in [1.29, 1.82) is 0 Å². The van der Waals surface area contributed by atoms with Gasteiger partial charge < -0.3 is 5.32 Å². The van der Waals surface area contributed by atoms with E-state index in [9.17, 15) is 9.59 Å². The van der Waals surface area contributed by atoms with Gasteiger partial charge in [-0.15, -0.1) is 0 Å². The van der Waals surface area contributed by atoms with Gasteiger partial charge in [0.1, 0.15) is 5.92 Å².